The van der Waals surface area contributed by atoms with Crippen LogP contribution in [0.1, 0.15) is 29.8 Å². The highest BCUT2D eigenvalue weighted by Crippen LogP contribution is 2.17. The molecule has 0 spiro atoms. The Morgan fingerprint density at radius 1 is 1.14 bits per heavy atom. The number of para-hydroxylation sites is 1. The Morgan fingerprint density at radius 3 is 2.43 bits per heavy atom. The van der Waals surface area contributed by atoms with Gasteiger partial charge in [-0.2, -0.15) is 0 Å². The monoisotopic (exact) mass is 384 g/mol. The Bertz CT molecular complexity index is 804. The molecule has 2 aromatic rings. The molecule has 0 radical (unpaired) electrons. The summed E-state index contributed by atoms with van der Waals surface area (Å²) in [5, 5.41) is 5.69. The molecular formula is C21H28N4O3. The lowest BCUT2D eigenvalue weighted by atomic mass is 10.0. The average molecular weight is 384 g/mol. The lowest BCUT2D eigenvalue weighted by Gasteiger charge is -2.22. The number of nitrogens with one attached hydrogen (secondary N) is 2. The van der Waals surface area contributed by atoms with E-state index in [0.717, 1.165) is 11.4 Å². The van der Waals surface area contributed by atoms with Crippen LogP contribution in [-0.2, 0) is 11.3 Å². The third kappa shape index (κ3) is 5.45. The lowest BCUT2D eigenvalue weighted by molar-refractivity contribution is -0.124. The summed E-state index contributed by atoms with van der Waals surface area (Å²) in [4.78, 5) is 31.5. The van der Waals surface area contributed by atoms with Gasteiger partial charge in [0.25, 0.3) is 5.91 Å². The van der Waals surface area contributed by atoms with E-state index in [0.29, 0.717) is 17.9 Å². The minimum atomic E-state index is -0.661. The van der Waals surface area contributed by atoms with E-state index in [4.69, 9.17) is 4.74 Å². The fraction of sp³-hybridized carbons (Fsp3) is 0.381. The number of hydrogen-bond donors (Lipinski definition) is 2. The molecule has 1 aromatic carbocycles. The molecule has 2 rings (SSSR count). The van der Waals surface area contributed by atoms with E-state index < -0.39 is 6.04 Å². The van der Waals surface area contributed by atoms with E-state index in [2.05, 4.69) is 15.6 Å². The first-order chi connectivity index (χ1) is 13.3. The fourth-order valence-corrected chi connectivity index (χ4v) is 2.67. The average Bonchev–Trinajstić information content (AvgIpc) is 2.70. The molecule has 7 nitrogen and oxygen atoms in total. The minimum Gasteiger partial charge on any atom is -0.496 e. The van der Waals surface area contributed by atoms with Crippen molar-refractivity contribution in [3.63, 3.8) is 0 Å². The van der Waals surface area contributed by atoms with Crippen LogP contribution in [0.2, 0.25) is 0 Å². The Kier molecular flexibility index (Phi) is 7.37. The van der Waals surface area contributed by atoms with Crippen molar-refractivity contribution in [3.05, 3.63) is 53.7 Å². The van der Waals surface area contributed by atoms with Gasteiger partial charge in [-0.15, -0.1) is 0 Å². The van der Waals surface area contributed by atoms with Gasteiger partial charge in [0, 0.05) is 26.8 Å². The largest absolute Gasteiger partial charge is 0.496 e. The molecule has 0 aliphatic heterocycles. The molecule has 1 unspecified atom stereocenters. The van der Waals surface area contributed by atoms with Crippen molar-refractivity contribution in [2.24, 2.45) is 5.92 Å². The lowest BCUT2D eigenvalue weighted by Crippen LogP contribution is -2.49. The SMILES string of the molecule is COc1ccccc1C(=O)NC(C(=O)NCc1ccc(N(C)C)nc1)C(C)C. The van der Waals surface area contributed by atoms with Crippen LogP contribution in [-0.4, -0.2) is 44.0 Å². The van der Waals surface area contributed by atoms with Crippen LogP contribution < -0.4 is 20.3 Å². The summed E-state index contributed by atoms with van der Waals surface area (Å²) in [7, 11) is 5.34. The summed E-state index contributed by atoms with van der Waals surface area (Å²) in [5.41, 5.74) is 1.28. The van der Waals surface area contributed by atoms with Crippen molar-refractivity contribution in [3.8, 4) is 5.75 Å². The molecular weight excluding hydrogens is 356 g/mol. The van der Waals surface area contributed by atoms with Crippen LogP contribution >= 0.6 is 0 Å². The number of nitrogens with zero attached hydrogens (tertiary/aromatic N) is 2. The zero-order valence-corrected chi connectivity index (χ0v) is 17.0. The van der Waals surface area contributed by atoms with Gasteiger partial charge < -0.3 is 20.3 Å². The highest BCUT2D eigenvalue weighted by atomic mass is 16.5. The standard InChI is InChI=1S/C21H28N4O3/c1-14(2)19(24-20(26)16-8-6-7-9-17(16)28-5)21(27)23-13-15-10-11-18(22-12-15)25(3)4/h6-12,14,19H,13H2,1-5H3,(H,23,27)(H,24,26). The van der Waals surface area contributed by atoms with Gasteiger partial charge in [0.1, 0.15) is 17.6 Å². The maximum absolute atomic E-state index is 12.7. The first kappa shape index (κ1) is 21.2. The van der Waals surface area contributed by atoms with E-state index in [1.807, 2.05) is 45.0 Å². The molecule has 28 heavy (non-hydrogen) atoms. The fourth-order valence-electron chi connectivity index (χ4n) is 2.67. The van der Waals surface area contributed by atoms with E-state index in [1.165, 1.54) is 7.11 Å². The Balaban J connectivity index is 2.02. The number of aromatic nitrogens is 1. The first-order valence-electron chi connectivity index (χ1n) is 9.17. The van der Waals surface area contributed by atoms with Crippen molar-refractivity contribution in [2.75, 3.05) is 26.1 Å². The number of carbonyl (C=O) groups is 2. The summed E-state index contributed by atoms with van der Waals surface area (Å²) >= 11 is 0. The molecule has 0 saturated heterocycles. The Labute approximate surface area is 166 Å². The van der Waals surface area contributed by atoms with Crippen molar-refractivity contribution in [2.45, 2.75) is 26.4 Å². The topological polar surface area (TPSA) is 83.6 Å². The van der Waals surface area contributed by atoms with Crippen LogP contribution in [0, 0.1) is 5.92 Å². The maximum Gasteiger partial charge on any atom is 0.255 e. The number of ether oxygens (including phenoxy) is 1. The number of anilines is 1. The number of carbonyl (C=O) groups excluding carboxylic acids is 2. The minimum absolute atomic E-state index is 0.0760. The Hall–Kier alpha value is -3.09. The van der Waals surface area contributed by atoms with Gasteiger partial charge in [-0.05, 0) is 29.7 Å². The summed E-state index contributed by atoms with van der Waals surface area (Å²) in [6.45, 7) is 4.12. The smallest absolute Gasteiger partial charge is 0.255 e. The summed E-state index contributed by atoms with van der Waals surface area (Å²) < 4.78 is 5.23. The zero-order chi connectivity index (χ0) is 20.7. The first-order valence-corrected chi connectivity index (χ1v) is 9.17. The maximum atomic E-state index is 12.7. The molecule has 7 heteroatoms. The molecule has 1 aromatic heterocycles. The summed E-state index contributed by atoms with van der Waals surface area (Å²) in [6.07, 6.45) is 1.73. The van der Waals surface area contributed by atoms with Crippen molar-refractivity contribution in [1.29, 1.82) is 0 Å². The van der Waals surface area contributed by atoms with Crippen LogP contribution in [0.25, 0.3) is 0 Å². The van der Waals surface area contributed by atoms with Gasteiger partial charge in [-0.3, -0.25) is 9.59 Å². The van der Waals surface area contributed by atoms with Crippen LogP contribution in [0.3, 0.4) is 0 Å². The van der Waals surface area contributed by atoms with E-state index in [-0.39, 0.29) is 17.7 Å². The number of hydrogen-bond acceptors (Lipinski definition) is 5. The van der Waals surface area contributed by atoms with Gasteiger partial charge >= 0.3 is 0 Å². The van der Waals surface area contributed by atoms with Gasteiger partial charge in [0.15, 0.2) is 0 Å². The molecule has 150 valence electrons. The van der Waals surface area contributed by atoms with Crippen molar-refractivity contribution < 1.29 is 14.3 Å². The third-order valence-corrected chi connectivity index (χ3v) is 4.32. The predicted molar refractivity (Wildman–Crippen MR) is 109 cm³/mol. The van der Waals surface area contributed by atoms with Crippen LogP contribution in [0.5, 0.6) is 5.75 Å². The molecule has 2 amide bonds. The second kappa shape index (κ2) is 9.73. The molecule has 2 N–H and O–H groups in total. The second-order valence-corrected chi connectivity index (χ2v) is 7.03. The van der Waals surface area contributed by atoms with E-state index in [9.17, 15) is 9.59 Å². The molecule has 0 fully saturated rings. The normalized spacial score (nSPS) is 11.6. The van der Waals surface area contributed by atoms with Gasteiger partial charge in [-0.1, -0.05) is 32.0 Å². The highest BCUT2D eigenvalue weighted by molar-refractivity contribution is 5.99. The molecule has 0 saturated carbocycles. The quantitative estimate of drug-likeness (QED) is 0.729. The number of benzene rings is 1. The van der Waals surface area contributed by atoms with Crippen LogP contribution in [0.4, 0.5) is 5.82 Å². The predicted octanol–water partition coefficient (Wildman–Crippen LogP) is 2.23. The number of rotatable bonds is 8. The van der Waals surface area contributed by atoms with E-state index >= 15 is 0 Å². The summed E-state index contributed by atoms with van der Waals surface area (Å²) in [5.74, 6) is 0.653. The van der Waals surface area contributed by atoms with Crippen LogP contribution in [0.15, 0.2) is 42.6 Å². The number of methoxy groups -OCH3 is 1. The third-order valence-electron chi connectivity index (χ3n) is 4.32. The summed E-state index contributed by atoms with van der Waals surface area (Å²) in [6, 6.07) is 10.1. The molecule has 1 heterocycles. The zero-order valence-electron chi connectivity index (χ0n) is 17.0. The number of amides is 2. The van der Waals surface area contributed by atoms with Gasteiger partial charge in [-0.25, -0.2) is 4.98 Å². The van der Waals surface area contributed by atoms with E-state index in [1.54, 1.807) is 30.5 Å². The molecule has 0 aliphatic rings. The molecule has 0 aliphatic carbocycles. The molecule has 1 atom stereocenters. The second-order valence-electron chi connectivity index (χ2n) is 7.03. The molecule has 0 bridgehead atoms. The van der Waals surface area contributed by atoms with Crippen molar-refractivity contribution in [1.82, 2.24) is 15.6 Å². The van der Waals surface area contributed by atoms with Gasteiger partial charge in [0.05, 0.1) is 12.7 Å². The Morgan fingerprint density at radius 2 is 1.86 bits per heavy atom. The van der Waals surface area contributed by atoms with Crippen molar-refractivity contribution >= 4 is 17.6 Å². The van der Waals surface area contributed by atoms with Gasteiger partial charge in [0.2, 0.25) is 5.91 Å². The highest BCUT2D eigenvalue weighted by Gasteiger charge is 2.25. The number of pyridine rings is 1.